The van der Waals surface area contributed by atoms with Gasteiger partial charge in [-0.25, -0.2) is 0 Å². The van der Waals surface area contributed by atoms with Crippen LogP contribution in [-0.4, -0.2) is 17.0 Å². The molecule has 0 aliphatic rings. The third-order valence-electron chi connectivity index (χ3n) is 2.66. The minimum absolute atomic E-state index is 0.201. The second kappa shape index (κ2) is 6.15. The lowest BCUT2D eigenvalue weighted by Crippen LogP contribution is -2.11. The number of hydrogen-bond donors (Lipinski definition) is 2. The first kappa shape index (κ1) is 13.3. The zero-order chi connectivity index (χ0) is 13.7. The van der Waals surface area contributed by atoms with Crippen molar-refractivity contribution in [2.24, 2.45) is 0 Å². The fourth-order valence-electron chi connectivity index (χ4n) is 1.76. The highest BCUT2D eigenvalue weighted by molar-refractivity contribution is 5.35. The molecule has 0 unspecified atom stereocenters. The third-order valence-corrected chi connectivity index (χ3v) is 2.66. The van der Waals surface area contributed by atoms with Crippen LogP contribution >= 0.6 is 0 Å². The highest BCUT2D eigenvalue weighted by atomic mass is 16.5. The fourth-order valence-corrected chi connectivity index (χ4v) is 1.76. The molecule has 5 nitrogen and oxygen atoms in total. The Bertz CT molecular complexity index is 608. The smallest absolute Gasteiger partial charge is 0.254 e. The van der Waals surface area contributed by atoms with Crippen molar-refractivity contribution in [1.29, 1.82) is 0 Å². The lowest BCUT2D eigenvalue weighted by Gasteiger charge is -2.10. The maximum Gasteiger partial charge on any atom is 0.254 e. The molecule has 0 aliphatic heterocycles. The van der Waals surface area contributed by atoms with E-state index in [1.165, 1.54) is 6.07 Å². The fraction of sp³-hybridized carbons (Fsp3) is 0.286. The second-order valence-electron chi connectivity index (χ2n) is 4.12. The van der Waals surface area contributed by atoms with E-state index in [2.05, 4.69) is 15.3 Å². The molecule has 0 fully saturated rings. The molecule has 100 valence electrons. The van der Waals surface area contributed by atoms with E-state index in [-0.39, 0.29) is 5.56 Å². The van der Waals surface area contributed by atoms with Gasteiger partial charge in [-0.2, -0.15) is 4.98 Å². The van der Waals surface area contributed by atoms with Crippen LogP contribution in [0.15, 0.2) is 35.1 Å². The topological polar surface area (TPSA) is 67.0 Å². The monoisotopic (exact) mass is 259 g/mol. The Balaban J connectivity index is 2.30. The van der Waals surface area contributed by atoms with E-state index in [1.54, 1.807) is 0 Å². The van der Waals surface area contributed by atoms with Gasteiger partial charge >= 0.3 is 0 Å². The lowest BCUT2D eigenvalue weighted by atomic mass is 10.2. The molecule has 2 aromatic rings. The molecule has 0 amide bonds. The van der Waals surface area contributed by atoms with Gasteiger partial charge in [-0.05, 0) is 13.1 Å². The zero-order valence-electron chi connectivity index (χ0n) is 11.1. The number of ether oxygens (including phenoxy) is 1. The summed E-state index contributed by atoms with van der Waals surface area (Å²) in [5.74, 6) is 1.65. The van der Waals surface area contributed by atoms with Gasteiger partial charge in [-0.15, -0.1) is 0 Å². The van der Waals surface area contributed by atoms with Crippen LogP contribution in [0.25, 0.3) is 0 Å². The summed E-state index contributed by atoms with van der Waals surface area (Å²) in [6.45, 7) is 2.62. The molecule has 1 heterocycles. The Hall–Kier alpha value is -2.14. The van der Waals surface area contributed by atoms with E-state index >= 15 is 0 Å². The lowest BCUT2D eigenvalue weighted by molar-refractivity contribution is 0.450. The molecule has 0 saturated heterocycles. The summed E-state index contributed by atoms with van der Waals surface area (Å²) in [5.41, 5.74) is 0.818. The van der Waals surface area contributed by atoms with Gasteiger partial charge in [0.2, 0.25) is 5.88 Å². The van der Waals surface area contributed by atoms with Gasteiger partial charge in [0, 0.05) is 18.5 Å². The SMILES string of the molecule is CCc1nc(Oc2ccccc2CNC)cc(=O)[nH]1. The first-order chi connectivity index (χ1) is 9.22. The van der Waals surface area contributed by atoms with Gasteiger partial charge in [0.25, 0.3) is 5.56 Å². The molecular formula is C14H17N3O2. The van der Waals surface area contributed by atoms with Crippen LogP contribution in [-0.2, 0) is 13.0 Å². The molecule has 0 aliphatic carbocycles. The van der Waals surface area contributed by atoms with Gasteiger partial charge in [-0.3, -0.25) is 4.79 Å². The van der Waals surface area contributed by atoms with Crippen molar-refractivity contribution in [3.8, 4) is 11.6 Å². The molecule has 0 spiro atoms. The van der Waals surface area contributed by atoms with Crippen molar-refractivity contribution in [2.75, 3.05) is 7.05 Å². The van der Waals surface area contributed by atoms with Crippen LogP contribution in [0.3, 0.4) is 0 Å². The standard InChI is InChI=1S/C14H17N3O2/c1-3-12-16-13(18)8-14(17-12)19-11-7-5-4-6-10(11)9-15-2/h4-8,15H,3,9H2,1-2H3,(H,16,17,18). The molecule has 19 heavy (non-hydrogen) atoms. The van der Waals surface area contributed by atoms with Crippen LogP contribution < -0.4 is 15.6 Å². The van der Waals surface area contributed by atoms with E-state index in [9.17, 15) is 4.79 Å². The second-order valence-corrected chi connectivity index (χ2v) is 4.12. The van der Waals surface area contributed by atoms with Crippen LogP contribution in [0.5, 0.6) is 11.6 Å². The van der Waals surface area contributed by atoms with Gasteiger partial charge in [0.05, 0.1) is 6.07 Å². The van der Waals surface area contributed by atoms with Gasteiger partial charge in [-0.1, -0.05) is 25.1 Å². The average Bonchev–Trinajstić information content (AvgIpc) is 2.40. The quantitative estimate of drug-likeness (QED) is 0.860. The number of nitrogens with zero attached hydrogens (tertiary/aromatic N) is 1. The number of H-pyrrole nitrogens is 1. The van der Waals surface area contributed by atoms with Crippen molar-refractivity contribution in [1.82, 2.24) is 15.3 Å². The normalized spacial score (nSPS) is 10.4. The number of para-hydroxylation sites is 1. The molecule has 5 heteroatoms. The van der Waals surface area contributed by atoms with Gasteiger partial charge < -0.3 is 15.0 Å². The number of aromatic nitrogens is 2. The molecule has 2 N–H and O–H groups in total. The minimum atomic E-state index is -0.201. The molecular weight excluding hydrogens is 242 g/mol. The summed E-state index contributed by atoms with van der Waals surface area (Å²) < 4.78 is 5.71. The molecule has 2 rings (SSSR count). The number of benzene rings is 1. The van der Waals surface area contributed by atoms with Crippen LogP contribution in [0.4, 0.5) is 0 Å². The zero-order valence-corrected chi connectivity index (χ0v) is 11.1. The van der Waals surface area contributed by atoms with E-state index in [0.717, 1.165) is 5.56 Å². The number of nitrogens with one attached hydrogen (secondary N) is 2. The molecule has 1 aromatic carbocycles. The highest BCUT2D eigenvalue weighted by Gasteiger charge is 2.06. The average molecular weight is 259 g/mol. The Morgan fingerprint density at radius 3 is 2.89 bits per heavy atom. The summed E-state index contributed by atoms with van der Waals surface area (Å²) in [6, 6.07) is 9.03. The minimum Gasteiger partial charge on any atom is -0.438 e. The first-order valence-corrected chi connectivity index (χ1v) is 6.23. The summed E-state index contributed by atoms with van der Waals surface area (Å²) in [6.07, 6.45) is 0.657. The number of aromatic amines is 1. The molecule has 0 radical (unpaired) electrons. The van der Waals surface area contributed by atoms with Crippen molar-refractivity contribution >= 4 is 0 Å². The van der Waals surface area contributed by atoms with E-state index in [1.807, 2.05) is 38.2 Å². The van der Waals surface area contributed by atoms with Crippen molar-refractivity contribution in [3.05, 3.63) is 52.1 Å². The highest BCUT2D eigenvalue weighted by Crippen LogP contribution is 2.22. The van der Waals surface area contributed by atoms with Crippen molar-refractivity contribution < 1.29 is 4.74 Å². The van der Waals surface area contributed by atoms with E-state index in [0.29, 0.717) is 30.4 Å². The van der Waals surface area contributed by atoms with E-state index in [4.69, 9.17) is 4.74 Å². The molecule has 0 saturated carbocycles. The first-order valence-electron chi connectivity index (χ1n) is 6.23. The van der Waals surface area contributed by atoms with Crippen LogP contribution in [0.2, 0.25) is 0 Å². The van der Waals surface area contributed by atoms with E-state index < -0.39 is 0 Å². The summed E-state index contributed by atoms with van der Waals surface area (Å²) in [7, 11) is 1.87. The largest absolute Gasteiger partial charge is 0.438 e. The van der Waals surface area contributed by atoms with Crippen LogP contribution in [0, 0.1) is 0 Å². The number of hydrogen-bond acceptors (Lipinski definition) is 4. The van der Waals surface area contributed by atoms with Crippen molar-refractivity contribution in [2.45, 2.75) is 19.9 Å². The third kappa shape index (κ3) is 3.42. The maximum atomic E-state index is 11.5. The Morgan fingerprint density at radius 1 is 1.37 bits per heavy atom. The Morgan fingerprint density at radius 2 is 2.16 bits per heavy atom. The Labute approximate surface area is 111 Å². The summed E-state index contributed by atoms with van der Waals surface area (Å²) in [4.78, 5) is 18.4. The number of rotatable bonds is 5. The van der Waals surface area contributed by atoms with Crippen molar-refractivity contribution in [3.63, 3.8) is 0 Å². The molecule has 1 aromatic heterocycles. The summed E-state index contributed by atoms with van der Waals surface area (Å²) >= 11 is 0. The predicted octanol–water partition coefficient (Wildman–Crippen LogP) is 1.84. The Kier molecular flexibility index (Phi) is 4.30. The van der Waals surface area contributed by atoms with Gasteiger partial charge in [0.15, 0.2) is 0 Å². The molecule has 0 bridgehead atoms. The van der Waals surface area contributed by atoms with Crippen LogP contribution in [0.1, 0.15) is 18.3 Å². The maximum absolute atomic E-state index is 11.5. The predicted molar refractivity (Wildman–Crippen MR) is 73.5 cm³/mol. The molecule has 0 atom stereocenters. The number of aryl methyl sites for hydroxylation is 1. The summed E-state index contributed by atoms with van der Waals surface area (Å²) in [5, 5.41) is 3.08. The van der Waals surface area contributed by atoms with Gasteiger partial charge in [0.1, 0.15) is 11.6 Å².